The molecule has 3 heteroatoms. The predicted octanol–water partition coefficient (Wildman–Crippen LogP) is 1.39. The molecule has 2 rings (SSSR count). The first-order valence-corrected chi connectivity index (χ1v) is 6.25. The van der Waals surface area contributed by atoms with Crippen LogP contribution in [-0.2, 0) is 11.2 Å². The van der Waals surface area contributed by atoms with Crippen LogP contribution in [0.15, 0.2) is 24.3 Å². The summed E-state index contributed by atoms with van der Waals surface area (Å²) in [5.74, 6) is 0.756. The Kier molecular flexibility index (Phi) is 3.79. The van der Waals surface area contributed by atoms with Gasteiger partial charge in [0.05, 0.1) is 6.54 Å². The molecule has 0 aliphatic heterocycles. The number of nitrogens with one attached hydrogen (secondary N) is 1. The molecule has 1 atom stereocenters. The summed E-state index contributed by atoms with van der Waals surface area (Å²) in [4.78, 5) is 13.3. The minimum atomic E-state index is 0.167. The number of carbonyl (C=O) groups is 1. The molecule has 0 heterocycles. The molecule has 1 amide bonds. The summed E-state index contributed by atoms with van der Waals surface area (Å²) in [6.45, 7) is 4.11. The Morgan fingerprint density at radius 2 is 2.24 bits per heavy atom. The fourth-order valence-electron chi connectivity index (χ4n) is 2.21. The maximum atomic E-state index is 11.6. The van der Waals surface area contributed by atoms with Crippen LogP contribution in [0.25, 0.3) is 0 Å². The Bertz CT molecular complexity index is 403. The van der Waals surface area contributed by atoms with Crippen LogP contribution in [0.5, 0.6) is 0 Å². The van der Waals surface area contributed by atoms with Gasteiger partial charge in [0.15, 0.2) is 0 Å². The minimum absolute atomic E-state index is 0.167. The van der Waals surface area contributed by atoms with Crippen LogP contribution in [0.3, 0.4) is 0 Å². The van der Waals surface area contributed by atoms with Crippen molar-refractivity contribution < 1.29 is 4.79 Å². The summed E-state index contributed by atoms with van der Waals surface area (Å²) in [5, 5.41) is 3.25. The topological polar surface area (TPSA) is 32.3 Å². The Labute approximate surface area is 103 Å². The zero-order chi connectivity index (χ0) is 12.3. The van der Waals surface area contributed by atoms with E-state index < -0.39 is 0 Å². The second-order valence-electron chi connectivity index (χ2n) is 4.64. The van der Waals surface area contributed by atoms with Gasteiger partial charge in [-0.25, -0.2) is 0 Å². The van der Waals surface area contributed by atoms with Gasteiger partial charge >= 0.3 is 0 Å². The number of nitrogens with zero attached hydrogens (tertiary/aromatic N) is 1. The van der Waals surface area contributed by atoms with Crippen molar-refractivity contribution in [1.29, 1.82) is 0 Å². The molecule has 0 bridgehead atoms. The zero-order valence-electron chi connectivity index (χ0n) is 10.6. The van der Waals surface area contributed by atoms with Crippen LogP contribution in [-0.4, -0.2) is 37.5 Å². The second kappa shape index (κ2) is 5.32. The van der Waals surface area contributed by atoms with Crippen molar-refractivity contribution in [3.05, 3.63) is 35.4 Å². The van der Waals surface area contributed by atoms with Crippen molar-refractivity contribution in [2.45, 2.75) is 19.3 Å². The molecular weight excluding hydrogens is 212 g/mol. The molecule has 3 nitrogen and oxygen atoms in total. The lowest BCUT2D eigenvalue weighted by Crippen LogP contribution is -2.38. The Morgan fingerprint density at radius 3 is 2.94 bits per heavy atom. The zero-order valence-corrected chi connectivity index (χ0v) is 10.6. The fraction of sp³-hybridized carbons (Fsp3) is 0.500. The molecule has 0 spiro atoms. The summed E-state index contributed by atoms with van der Waals surface area (Å²) in [6.07, 6.45) is 1.14. The number of benzene rings is 1. The van der Waals surface area contributed by atoms with Gasteiger partial charge in [-0.2, -0.15) is 0 Å². The van der Waals surface area contributed by atoms with Gasteiger partial charge in [0.25, 0.3) is 0 Å². The summed E-state index contributed by atoms with van der Waals surface area (Å²) < 4.78 is 0. The van der Waals surface area contributed by atoms with Crippen molar-refractivity contribution in [2.24, 2.45) is 0 Å². The lowest BCUT2D eigenvalue weighted by molar-refractivity contribution is -0.128. The third kappa shape index (κ3) is 2.67. The molecule has 1 aromatic rings. The molecule has 1 aliphatic carbocycles. The second-order valence-corrected chi connectivity index (χ2v) is 4.64. The number of carbonyl (C=O) groups excluding carboxylic acids is 1. The van der Waals surface area contributed by atoms with E-state index in [1.54, 1.807) is 4.90 Å². The van der Waals surface area contributed by atoms with Gasteiger partial charge < -0.3 is 10.2 Å². The molecule has 0 saturated carbocycles. The van der Waals surface area contributed by atoms with E-state index in [9.17, 15) is 4.79 Å². The lowest BCUT2D eigenvalue weighted by atomic mass is 9.77. The average Bonchev–Trinajstić information content (AvgIpc) is 2.33. The average molecular weight is 232 g/mol. The highest BCUT2D eigenvalue weighted by Crippen LogP contribution is 2.33. The monoisotopic (exact) mass is 232 g/mol. The van der Waals surface area contributed by atoms with Gasteiger partial charge in [0, 0.05) is 26.1 Å². The van der Waals surface area contributed by atoms with E-state index >= 15 is 0 Å². The standard InChI is InChI=1S/C14H20N2O/c1-3-16(2)14(17)10-15-9-12-8-11-6-4-5-7-13(11)12/h4-7,12,15H,3,8-10H2,1-2H3. The molecule has 92 valence electrons. The van der Waals surface area contributed by atoms with Crippen LogP contribution in [0, 0.1) is 0 Å². The normalized spacial score (nSPS) is 17.2. The van der Waals surface area contributed by atoms with E-state index in [1.807, 2.05) is 14.0 Å². The predicted molar refractivity (Wildman–Crippen MR) is 69.1 cm³/mol. The highest BCUT2D eigenvalue weighted by atomic mass is 16.2. The number of hydrogen-bond acceptors (Lipinski definition) is 2. The smallest absolute Gasteiger partial charge is 0.236 e. The van der Waals surface area contributed by atoms with Crippen LogP contribution >= 0.6 is 0 Å². The van der Waals surface area contributed by atoms with E-state index in [0.29, 0.717) is 12.5 Å². The summed E-state index contributed by atoms with van der Waals surface area (Å²) >= 11 is 0. The molecule has 0 saturated heterocycles. The van der Waals surface area contributed by atoms with Crippen molar-refractivity contribution in [1.82, 2.24) is 10.2 Å². The first-order valence-electron chi connectivity index (χ1n) is 6.25. The van der Waals surface area contributed by atoms with Crippen molar-refractivity contribution in [3.8, 4) is 0 Å². The maximum absolute atomic E-state index is 11.6. The third-order valence-electron chi connectivity index (χ3n) is 3.53. The molecular formula is C14H20N2O. The van der Waals surface area contributed by atoms with E-state index in [4.69, 9.17) is 0 Å². The number of fused-ring (bicyclic) bond motifs is 1. The largest absolute Gasteiger partial charge is 0.345 e. The van der Waals surface area contributed by atoms with Gasteiger partial charge in [-0.3, -0.25) is 4.79 Å². The van der Waals surface area contributed by atoms with Gasteiger partial charge in [-0.05, 0) is 24.5 Å². The molecule has 1 N–H and O–H groups in total. The number of hydrogen-bond donors (Lipinski definition) is 1. The van der Waals surface area contributed by atoms with Crippen molar-refractivity contribution >= 4 is 5.91 Å². The van der Waals surface area contributed by atoms with Crippen LogP contribution in [0.4, 0.5) is 0 Å². The molecule has 1 aliphatic rings. The van der Waals surface area contributed by atoms with Crippen LogP contribution < -0.4 is 5.32 Å². The summed E-state index contributed by atoms with van der Waals surface area (Å²) in [6, 6.07) is 8.54. The highest BCUT2D eigenvalue weighted by molar-refractivity contribution is 5.77. The van der Waals surface area contributed by atoms with Crippen molar-refractivity contribution in [2.75, 3.05) is 26.7 Å². The number of likely N-dealkylation sites (N-methyl/N-ethyl adjacent to an activating group) is 1. The first-order chi connectivity index (χ1) is 8.22. The SMILES string of the molecule is CCN(C)C(=O)CNCC1Cc2ccccc21. The van der Waals surface area contributed by atoms with E-state index in [0.717, 1.165) is 19.5 Å². The van der Waals surface area contributed by atoms with E-state index in [1.165, 1.54) is 11.1 Å². The van der Waals surface area contributed by atoms with E-state index in [2.05, 4.69) is 29.6 Å². The molecule has 0 aromatic heterocycles. The quantitative estimate of drug-likeness (QED) is 0.832. The Balaban J connectivity index is 1.73. The lowest BCUT2D eigenvalue weighted by Gasteiger charge is -2.30. The van der Waals surface area contributed by atoms with E-state index in [-0.39, 0.29) is 5.91 Å². The molecule has 0 fully saturated rings. The maximum Gasteiger partial charge on any atom is 0.236 e. The number of rotatable bonds is 5. The minimum Gasteiger partial charge on any atom is -0.345 e. The first kappa shape index (κ1) is 12.1. The van der Waals surface area contributed by atoms with Crippen molar-refractivity contribution in [3.63, 3.8) is 0 Å². The van der Waals surface area contributed by atoms with Gasteiger partial charge in [0.1, 0.15) is 0 Å². The van der Waals surface area contributed by atoms with Gasteiger partial charge in [-0.1, -0.05) is 24.3 Å². The third-order valence-corrected chi connectivity index (χ3v) is 3.53. The van der Waals surface area contributed by atoms with Gasteiger partial charge in [-0.15, -0.1) is 0 Å². The molecule has 17 heavy (non-hydrogen) atoms. The Hall–Kier alpha value is -1.35. The molecule has 1 unspecified atom stereocenters. The number of amides is 1. The summed E-state index contributed by atoms with van der Waals surface area (Å²) in [7, 11) is 1.84. The Morgan fingerprint density at radius 1 is 1.47 bits per heavy atom. The highest BCUT2D eigenvalue weighted by Gasteiger charge is 2.24. The fourth-order valence-corrected chi connectivity index (χ4v) is 2.21. The van der Waals surface area contributed by atoms with Gasteiger partial charge in [0.2, 0.25) is 5.91 Å². The van der Waals surface area contributed by atoms with Crippen LogP contribution in [0.2, 0.25) is 0 Å². The summed E-state index contributed by atoms with van der Waals surface area (Å²) in [5.41, 5.74) is 2.90. The molecule has 0 radical (unpaired) electrons. The van der Waals surface area contributed by atoms with Crippen LogP contribution in [0.1, 0.15) is 24.0 Å². The molecule has 1 aromatic carbocycles.